The van der Waals surface area contributed by atoms with Crippen LogP contribution in [0.4, 0.5) is 5.69 Å². The molecule has 0 aliphatic carbocycles. The molecule has 21 heavy (non-hydrogen) atoms. The Morgan fingerprint density at radius 3 is 3.10 bits per heavy atom. The van der Waals surface area contributed by atoms with Crippen molar-refractivity contribution in [2.24, 2.45) is 0 Å². The zero-order valence-electron chi connectivity index (χ0n) is 12.9. The Bertz CT molecular complexity index is 524. The number of amides is 1. The van der Waals surface area contributed by atoms with E-state index in [1.165, 1.54) is 11.3 Å². The average molecular weight is 288 g/mol. The van der Waals surface area contributed by atoms with Gasteiger partial charge in [0.25, 0.3) is 5.91 Å². The monoisotopic (exact) mass is 288 g/mol. The molecule has 4 heteroatoms. The minimum Gasteiger partial charge on any atom is -0.376 e. The lowest BCUT2D eigenvalue weighted by Crippen LogP contribution is -2.42. The van der Waals surface area contributed by atoms with E-state index in [1.807, 2.05) is 12.1 Å². The molecular formula is C17H24N2O2. The van der Waals surface area contributed by atoms with Crippen molar-refractivity contribution < 1.29 is 9.53 Å². The molecule has 1 fully saturated rings. The Morgan fingerprint density at radius 2 is 2.38 bits per heavy atom. The summed E-state index contributed by atoms with van der Waals surface area (Å²) in [5.74, 6) is 0.0143. The number of likely N-dealkylation sites (N-methyl/N-ethyl adjacent to an activating group) is 1. The molecule has 1 aromatic rings. The van der Waals surface area contributed by atoms with Gasteiger partial charge < -0.3 is 15.0 Å². The molecule has 0 radical (unpaired) electrons. The van der Waals surface area contributed by atoms with E-state index < -0.39 is 0 Å². The van der Waals surface area contributed by atoms with Crippen LogP contribution in [0.5, 0.6) is 0 Å². The molecule has 0 aromatic heterocycles. The lowest BCUT2D eigenvalue weighted by molar-refractivity contribution is 0.0665. The zero-order chi connectivity index (χ0) is 14.8. The van der Waals surface area contributed by atoms with Gasteiger partial charge in [-0.25, -0.2) is 0 Å². The number of rotatable bonds is 4. The van der Waals surface area contributed by atoms with Crippen LogP contribution in [0.3, 0.4) is 0 Å². The maximum Gasteiger partial charge on any atom is 0.251 e. The minimum absolute atomic E-state index is 0.0143. The van der Waals surface area contributed by atoms with Gasteiger partial charge in [-0.3, -0.25) is 4.79 Å². The van der Waals surface area contributed by atoms with Gasteiger partial charge in [-0.05, 0) is 43.4 Å². The minimum atomic E-state index is 0.0143. The van der Waals surface area contributed by atoms with E-state index in [1.54, 1.807) is 0 Å². The van der Waals surface area contributed by atoms with Crippen molar-refractivity contribution in [2.75, 3.05) is 25.1 Å². The lowest BCUT2D eigenvalue weighted by Gasteiger charge is -2.23. The summed E-state index contributed by atoms with van der Waals surface area (Å²) in [4.78, 5) is 14.7. The molecule has 3 rings (SSSR count). The van der Waals surface area contributed by atoms with E-state index >= 15 is 0 Å². The fourth-order valence-corrected chi connectivity index (χ4v) is 3.31. The second-order valence-electron chi connectivity index (χ2n) is 6.05. The van der Waals surface area contributed by atoms with Crippen LogP contribution in [-0.4, -0.2) is 38.3 Å². The Kier molecular flexibility index (Phi) is 4.15. The molecule has 114 valence electrons. The topological polar surface area (TPSA) is 41.6 Å². The predicted octanol–water partition coefficient (Wildman–Crippen LogP) is 2.37. The summed E-state index contributed by atoms with van der Waals surface area (Å²) in [6.07, 6.45) is 4.30. The highest BCUT2D eigenvalue weighted by Gasteiger charge is 2.26. The fraction of sp³-hybridized carbons (Fsp3) is 0.588. The van der Waals surface area contributed by atoms with Crippen LogP contribution in [0.25, 0.3) is 0 Å². The summed E-state index contributed by atoms with van der Waals surface area (Å²) in [5.41, 5.74) is 3.27. The molecule has 1 amide bonds. The third-order valence-electron chi connectivity index (χ3n) is 4.65. The van der Waals surface area contributed by atoms with Gasteiger partial charge in [0.15, 0.2) is 0 Å². The van der Waals surface area contributed by atoms with E-state index in [9.17, 15) is 4.79 Å². The van der Waals surface area contributed by atoms with Crippen LogP contribution in [0.1, 0.15) is 42.1 Å². The summed E-state index contributed by atoms with van der Waals surface area (Å²) in [6.45, 7) is 3.96. The molecule has 4 nitrogen and oxygen atoms in total. The van der Waals surface area contributed by atoms with Gasteiger partial charge in [0.1, 0.15) is 0 Å². The highest BCUT2D eigenvalue weighted by atomic mass is 16.5. The van der Waals surface area contributed by atoms with Crippen molar-refractivity contribution in [3.63, 3.8) is 0 Å². The quantitative estimate of drug-likeness (QED) is 0.925. The van der Waals surface area contributed by atoms with Crippen LogP contribution in [0.15, 0.2) is 18.2 Å². The first kappa shape index (κ1) is 14.4. The molecule has 0 unspecified atom stereocenters. The molecule has 1 N–H and O–H groups in total. The van der Waals surface area contributed by atoms with E-state index in [-0.39, 0.29) is 18.1 Å². The standard InChI is InChI=1S/C17H24N2O2/c1-3-14(16-5-4-10-21-16)18-17(20)13-7-6-12-8-9-19(2)15(12)11-13/h6-7,11,14,16H,3-5,8-10H2,1-2H3,(H,18,20)/t14-,16+/m1/s1. The number of hydrogen-bond acceptors (Lipinski definition) is 3. The molecular weight excluding hydrogens is 264 g/mol. The number of fused-ring (bicyclic) bond motifs is 1. The highest BCUT2D eigenvalue weighted by Crippen LogP contribution is 2.27. The van der Waals surface area contributed by atoms with Crippen molar-refractivity contribution in [3.05, 3.63) is 29.3 Å². The number of nitrogens with zero attached hydrogens (tertiary/aromatic N) is 1. The SMILES string of the molecule is CC[C@@H](NC(=O)c1ccc2c(c1)N(C)CC2)[C@@H]1CCCO1. The van der Waals surface area contributed by atoms with E-state index in [2.05, 4.69) is 30.3 Å². The Hall–Kier alpha value is -1.55. The third kappa shape index (κ3) is 2.91. The van der Waals surface area contributed by atoms with Crippen molar-refractivity contribution in [1.29, 1.82) is 0 Å². The van der Waals surface area contributed by atoms with Crippen molar-refractivity contribution >= 4 is 11.6 Å². The maximum atomic E-state index is 12.5. The maximum absolute atomic E-state index is 12.5. The summed E-state index contributed by atoms with van der Waals surface area (Å²) < 4.78 is 5.71. The van der Waals surface area contributed by atoms with Gasteiger partial charge in [-0.15, -0.1) is 0 Å². The van der Waals surface area contributed by atoms with Crippen LogP contribution in [0.2, 0.25) is 0 Å². The van der Waals surface area contributed by atoms with Crippen molar-refractivity contribution in [3.8, 4) is 0 Å². The van der Waals surface area contributed by atoms with Crippen LogP contribution >= 0.6 is 0 Å². The predicted molar refractivity (Wildman–Crippen MR) is 83.9 cm³/mol. The largest absolute Gasteiger partial charge is 0.376 e. The Balaban J connectivity index is 1.71. The highest BCUT2D eigenvalue weighted by molar-refractivity contribution is 5.95. The van der Waals surface area contributed by atoms with Gasteiger partial charge in [0, 0.05) is 31.5 Å². The first-order chi connectivity index (χ1) is 10.2. The Morgan fingerprint density at radius 1 is 1.52 bits per heavy atom. The van der Waals surface area contributed by atoms with Crippen LogP contribution < -0.4 is 10.2 Å². The number of carbonyl (C=O) groups excluding carboxylic acids is 1. The fourth-order valence-electron chi connectivity index (χ4n) is 3.31. The first-order valence-electron chi connectivity index (χ1n) is 7.95. The van der Waals surface area contributed by atoms with Gasteiger partial charge in [0.05, 0.1) is 12.1 Å². The number of benzene rings is 1. The third-order valence-corrected chi connectivity index (χ3v) is 4.65. The normalized spacial score (nSPS) is 22.2. The molecule has 1 aromatic carbocycles. The molecule has 0 saturated carbocycles. The summed E-state index contributed by atoms with van der Waals surface area (Å²) in [7, 11) is 2.08. The lowest BCUT2D eigenvalue weighted by atomic mass is 10.0. The van der Waals surface area contributed by atoms with Crippen molar-refractivity contribution in [2.45, 2.75) is 44.8 Å². The first-order valence-corrected chi connectivity index (χ1v) is 7.95. The Labute approximate surface area is 126 Å². The van der Waals surface area contributed by atoms with Crippen molar-refractivity contribution in [1.82, 2.24) is 5.32 Å². The summed E-state index contributed by atoms with van der Waals surface area (Å²) in [5, 5.41) is 3.15. The van der Waals surface area contributed by atoms with E-state index in [4.69, 9.17) is 4.74 Å². The van der Waals surface area contributed by atoms with E-state index in [0.717, 1.165) is 44.4 Å². The molecule has 2 aliphatic rings. The number of carbonyl (C=O) groups is 1. The van der Waals surface area contributed by atoms with Gasteiger partial charge in [0.2, 0.25) is 0 Å². The number of ether oxygens (including phenoxy) is 1. The van der Waals surface area contributed by atoms with Gasteiger partial charge in [-0.1, -0.05) is 13.0 Å². The molecule has 2 aliphatic heterocycles. The zero-order valence-corrected chi connectivity index (χ0v) is 12.9. The summed E-state index contributed by atoms with van der Waals surface area (Å²) >= 11 is 0. The number of nitrogens with one attached hydrogen (secondary N) is 1. The smallest absolute Gasteiger partial charge is 0.251 e. The van der Waals surface area contributed by atoms with Crippen LogP contribution in [0, 0.1) is 0 Å². The average Bonchev–Trinajstić information content (AvgIpc) is 3.15. The summed E-state index contributed by atoms with van der Waals surface area (Å²) in [6, 6.07) is 6.15. The second kappa shape index (κ2) is 6.06. The molecule has 2 atom stereocenters. The second-order valence-corrected chi connectivity index (χ2v) is 6.05. The van der Waals surface area contributed by atoms with Crippen LogP contribution in [-0.2, 0) is 11.2 Å². The molecule has 0 bridgehead atoms. The van der Waals surface area contributed by atoms with E-state index in [0.29, 0.717) is 0 Å². The number of hydrogen-bond donors (Lipinski definition) is 1. The molecule has 0 spiro atoms. The molecule has 2 heterocycles. The van der Waals surface area contributed by atoms with Gasteiger partial charge in [-0.2, -0.15) is 0 Å². The molecule has 1 saturated heterocycles. The number of anilines is 1. The van der Waals surface area contributed by atoms with Gasteiger partial charge >= 0.3 is 0 Å².